The highest BCUT2D eigenvalue weighted by atomic mass is 16.1. The minimum absolute atomic E-state index is 0.0532. The van der Waals surface area contributed by atoms with Crippen molar-refractivity contribution in [3.8, 4) is 0 Å². The number of Topliss-reactive ketones (excluding diaryl/α,β-unsaturated/α-hetero) is 1. The van der Waals surface area contributed by atoms with Crippen molar-refractivity contribution in [1.82, 2.24) is 0 Å². The molecular formula is C8H13O2. The monoisotopic (exact) mass is 141 g/mol. The van der Waals surface area contributed by atoms with Crippen molar-refractivity contribution in [3.63, 3.8) is 0 Å². The highest BCUT2D eigenvalue weighted by molar-refractivity contribution is 5.98. The van der Waals surface area contributed by atoms with Gasteiger partial charge in [0.25, 0.3) is 0 Å². The zero-order valence-corrected chi connectivity index (χ0v) is 6.89. The zero-order chi connectivity index (χ0) is 8.36. The van der Waals surface area contributed by atoms with Gasteiger partial charge in [-0.05, 0) is 13.8 Å². The molecule has 2 nitrogen and oxygen atoms in total. The summed E-state index contributed by atoms with van der Waals surface area (Å²) in [5, 5.41) is 0. The molecule has 0 aliphatic carbocycles. The van der Waals surface area contributed by atoms with Crippen LogP contribution in [-0.4, -0.2) is 12.1 Å². The Labute approximate surface area is 61.6 Å². The minimum atomic E-state index is -0.922. The molecule has 57 valence electrons. The number of ketones is 1. The third-order valence-electron chi connectivity index (χ3n) is 1.40. The predicted molar refractivity (Wildman–Crippen MR) is 39.3 cm³/mol. The Bertz CT molecular complexity index is 145. The van der Waals surface area contributed by atoms with Gasteiger partial charge in [-0.15, -0.1) is 0 Å². The fourth-order valence-corrected chi connectivity index (χ4v) is 0.772. The van der Waals surface area contributed by atoms with Crippen molar-refractivity contribution in [3.05, 3.63) is 0 Å². The molecule has 0 amide bonds. The molecule has 0 saturated carbocycles. The highest BCUT2D eigenvalue weighted by Crippen LogP contribution is 2.17. The van der Waals surface area contributed by atoms with Crippen molar-refractivity contribution in [2.45, 2.75) is 27.7 Å². The Balaban J connectivity index is 4.33. The Morgan fingerprint density at radius 1 is 1.40 bits per heavy atom. The van der Waals surface area contributed by atoms with Gasteiger partial charge in [0.15, 0.2) is 0 Å². The van der Waals surface area contributed by atoms with Crippen LogP contribution in [0.5, 0.6) is 0 Å². The molecular weight excluding hydrogens is 128 g/mol. The van der Waals surface area contributed by atoms with E-state index in [1.54, 1.807) is 34.0 Å². The van der Waals surface area contributed by atoms with Crippen LogP contribution in [0.15, 0.2) is 0 Å². The molecule has 0 fully saturated rings. The summed E-state index contributed by atoms with van der Waals surface area (Å²) in [5.41, 5.74) is -0.922. The van der Waals surface area contributed by atoms with Crippen molar-refractivity contribution in [2.75, 3.05) is 0 Å². The number of carbonyl (C=O) groups excluding carboxylic acids is 2. The van der Waals surface area contributed by atoms with E-state index in [0.717, 1.165) is 0 Å². The molecule has 0 aliphatic heterocycles. The summed E-state index contributed by atoms with van der Waals surface area (Å²) in [6, 6.07) is 0. The largest absolute Gasteiger partial charge is 0.298 e. The second-order valence-corrected chi connectivity index (χ2v) is 3.25. The van der Waals surface area contributed by atoms with Crippen LogP contribution in [0.4, 0.5) is 0 Å². The van der Waals surface area contributed by atoms with Crippen LogP contribution in [0.1, 0.15) is 27.7 Å². The van der Waals surface area contributed by atoms with Crippen molar-refractivity contribution in [2.24, 2.45) is 11.3 Å². The zero-order valence-electron chi connectivity index (χ0n) is 6.89. The van der Waals surface area contributed by atoms with E-state index < -0.39 is 5.41 Å². The van der Waals surface area contributed by atoms with Crippen LogP contribution in [0.3, 0.4) is 0 Å². The molecule has 0 N–H and O–H groups in total. The summed E-state index contributed by atoms with van der Waals surface area (Å²) >= 11 is 0. The lowest BCUT2D eigenvalue weighted by molar-refractivity contribution is -0.127. The van der Waals surface area contributed by atoms with Crippen LogP contribution in [0.2, 0.25) is 0 Å². The molecule has 1 radical (unpaired) electrons. The molecule has 0 aliphatic rings. The first-order valence-electron chi connectivity index (χ1n) is 3.35. The summed E-state index contributed by atoms with van der Waals surface area (Å²) in [4.78, 5) is 21.4. The third-order valence-corrected chi connectivity index (χ3v) is 1.40. The van der Waals surface area contributed by atoms with Crippen molar-refractivity contribution < 1.29 is 9.59 Å². The molecule has 0 spiro atoms. The van der Waals surface area contributed by atoms with E-state index in [0.29, 0.717) is 0 Å². The minimum Gasteiger partial charge on any atom is -0.298 e. The fourth-order valence-electron chi connectivity index (χ4n) is 0.772. The first-order valence-corrected chi connectivity index (χ1v) is 3.35. The van der Waals surface area contributed by atoms with Gasteiger partial charge in [-0.2, -0.15) is 0 Å². The SMILES string of the molecule is CC(C)C(=O)C(C)(C)[C]=O. The molecule has 0 heterocycles. The summed E-state index contributed by atoms with van der Waals surface area (Å²) < 4.78 is 0. The Morgan fingerprint density at radius 3 is 1.90 bits per heavy atom. The van der Waals surface area contributed by atoms with E-state index in [1.165, 1.54) is 0 Å². The smallest absolute Gasteiger partial charge is 0.212 e. The maximum Gasteiger partial charge on any atom is 0.212 e. The van der Waals surface area contributed by atoms with Crippen LogP contribution < -0.4 is 0 Å². The summed E-state index contributed by atoms with van der Waals surface area (Å²) in [7, 11) is 0. The number of hydrogen-bond acceptors (Lipinski definition) is 2. The maximum atomic E-state index is 11.1. The van der Waals surface area contributed by atoms with Gasteiger partial charge < -0.3 is 0 Å². The van der Waals surface area contributed by atoms with Crippen LogP contribution in [-0.2, 0) is 9.59 Å². The van der Waals surface area contributed by atoms with Gasteiger partial charge in [0.1, 0.15) is 5.78 Å². The van der Waals surface area contributed by atoms with Crippen LogP contribution in [0, 0.1) is 11.3 Å². The Morgan fingerprint density at radius 2 is 1.80 bits per heavy atom. The van der Waals surface area contributed by atoms with E-state index >= 15 is 0 Å². The molecule has 0 bridgehead atoms. The fraction of sp³-hybridized carbons (Fsp3) is 0.750. The molecule has 0 unspecified atom stereocenters. The average molecular weight is 141 g/mol. The molecule has 0 aromatic rings. The quantitative estimate of drug-likeness (QED) is 0.556. The molecule has 10 heavy (non-hydrogen) atoms. The van der Waals surface area contributed by atoms with E-state index in [2.05, 4.69) is 0 Å². The van der Waals surface area contributed by atoms with Gasteiger partial charge in [0.2, 0.25) is 6.29 Å². The maximum absolute atomic E-state index is 11.1. The van der Waals surface area contributed by atoms with Gasteiger partial charge in [0.05, 0.1) is 5.41 Å². The highest BCUT2D eigenvalue weighted by Gasteiger charge is 2.29. The first-order chi connectivity index (χ1) is 4.41. The standard InChI is InChI=1S/C8H13O2/c1-6(2)7(10)8(3,4)5-9/h6H,1-4H3. The molecule has 0 aromatic heterocycles. The summed E-state index contributed by atoms with van der Waals surface area (Å²) in [6.07, 6.45) is 1.72. The Kier molecular flexibility index (Phi) is 2.76. The van der Waals surface area contributed by atoms with Crippen LogP contribution in [0.25, 0.3) is 0 Å². The van der Waals surface area contributed by atoms with Gasteiger partial charge in [0, 0.05) is 5.92 Å². The number of hydrogen-bond donors (Lipinski definition) is 0. The molecule has 0 aromatic carbocycles. The van der Waals surface area contributed by atoms with Gasteiger partial charge >= 0.3 is 0 Å². The lowest BCUT2D eigenvalue weighted by Gasteiger charge is -2.16. The second-order valence-electron chi connectivity index (χ2n) is 3.25. The normalized spacial score (nSPS) is 11.7. The molecule has 2 heteroatoms. The third kappa shape index (κ3) is 1.94. The number of carbonyl (C=O) groups is 1. The van der Waals surface area contributed by atoms with E-state index in [9.17, 15) is 9.59 Å². The van der Waals surface area contributed by atoms with E-state index in [1.807, 2.05) is 0 Å². The van der Waals surface area contributed by atoms with Crippen LogP contribution >= 0.6 is 0 Å². The summed E-state index contributed by atoms with van der Waals surface area (Å²) in [6.45, 7) is 6.73. The van der Waals surface area contributed by atoms with Gasteiger partial charge in [-0.1, -0.05) is 13.8 Å². The molecule has 0 atom stereocenters. The summed E-state index contributed by atoms with van der Waals surface area (Å²) in [5.74, 6) is -0.140. The van der Waals surface area contributed by atoms with E-state index in [4.69, 9.17) is 0 Å². The second kappa shape index (κ2) is 2.95. The van der Waals surface area contributed by atoms with E-state index in [-0.39, 0.29) is 11.7 Å². The Hall–Kier alpha value is -0.660. The van der Waals surface area contributed by atoms with Crippen molar-refractivity contribution in [1.29, 1.82) is 0 Å². The number of rotatable bonds is 3. The lowest BCUT2D eigenvalue weighted by atomic mass is 9.84. The molecule has 0 rings (SSSR count). The first kappa shape index (κ1) is 9.34. The van der Waals surface area contributed by atoms with Gasteiger partial charge in [-0.3, -0.25) is 9.59 Å². The predicted octanol–water partition coefficient (Wildman–Crippen LogP) is 1.35. The lowest BCUT2D eigenvalue weighted by Crippen LogP contribution is -2.29. The van der Waals surface area contributed by atoms with Crippen molar-refractivity contribution >= 4 is 12.1 Å². The average Bonchev–Trinajstić information content (AvgIpc) is 1.86. The molecule has 0 saturated heterocycles. The topological polar surface area (TPSA) is 34.1 Å². The van der Waals surface area contributed by atoms with Gasteiger partial charge in [-0.25, -0.2) is 0 Å².